The largest absolute Gasteiger partial charge is 0.340 e. The highest BCUT2D eigenvalue weighted by molar-refractivity contribution is 5.97. The second-order valence-corrected chi connectivity index (χ2v) is 3.79. The van der Waals surface area contributed by atoms with E-state index in [2.05, 4.69) is 4.84 Å². The predicted octanol–water partition coefficient (Wildman–Crippen LogP) is 1.42. The minimum atomic E-state index is -0.773. The summed E-state index contributed by atoms with van der Waals surface area (Å²) in [6.45, 7) is 3.20. The number of ketones is 1. The minimum absolute atomic E-state index is 0.316. The lowest BCUT2D eigenvalue weighted by Gasteiger charge is -2.08. The standard InChI is InChI=1S/C13H15NO4/c1-3-10-6-4-5-7-11(10)13(17)14-18-12(16)8-9(2)15/h4-7H,3,8H2,1-2H3,(H,14,17). The van der Waals surface area contributed by atoms with Crippen LogP contribution in [0.3, 0.4) is 0 Å². The molecule has 0 fully saturated rings. The van der Waals surface area contributed by atoms with Gasteiger partial charge in [-0.25, -0.2) is 4.79 Å². The molecule has 1 rings (SSSR count). The lowest BCUT2D eigenvalue weighted by atomic mass is 10.1. The highest BCUT2D eigenvalue weighted by Crippen LogP contribution is 2.09. The monoisotopic (exact) mass is 249 g/mol. The molecular formula is C13H15NO4. The van der Waals surface area contributed by atoms with Gasteiger partial charge in [0.15, 0.2) is 0 Å². The van der Waals surface area contributed by atoms with Gasteiger partial charge in [0.1, 0.15) is 12.2 Å². The Hall–Kier alpha value is -2.17. The number of amides is 1. The molecule has 0 aliphatic heterocycles. The van der Waals surface area contributed by atoms with Gasteiger partial charge in [-0.3, -0.25) is 9.59 Å². The van der Waals surface area contributed by atoms with E-state index in [-0.39, 0.29) is 12.2 Å². The van der Waals surface area contributed by atoms with Gasteiger partial charge in [0, 0.05) is 5.56 Å². The number of carbonyl (C=O) groups excluding carboxylic acids is 3. The molecule has 0 heterocycles. The molecule has 1 aromatic carbocycles. The third-order valence-corrected chi connectivity index (χ3v) is 2.29. The van der Waals surface area contributed by atoms with Crippen molar-refractivity contribution in [3.63, 3.8) is 0 Å². The Labute approximate surface area is 105 Å². The van der Waals surface area contributed by atoms with Crippen molar-refractivity contribution in [3.8, 4) is 0 Å². The SMILES string of the molecule is CCc1ccccc1C(=O)NOC(=O)CC(C)=O. The van der Waals surface area contributed by atoms with Gasteiger partial charge in [-0.15, -0.1) is 0 Å². The molecular weight excluding hydrogens is 234 g/mol. The number of hydroxylamine groups is 1. The molecule has 0 aliphatic carbocycles. The van der Waals surface area contributed by atoms with Crippen LogP contribution in [-0.4, -0.2) is 17.7 Å². The van der Waals surface area contributed by atoms with Gasteiger partial charge >= 0.3 is 5.97 Å². The molecule has 0 saturated heterocycles. The van der Waals surface area contributed by atoms with Gasteiger partial charge in [-0.2, -0.15) is 5.48 Å². The quantitative estimate of drug-likeness (QED) is 0.647. The highest BCUT2D eigenvalue weighted by Gasteiger charge is 2.13. The number of nitrogens with one attached hydrogen (secondary N) is 1. The van der Waals surface area contributed by atoms with Crippen LogP contribution in [0.15, 0.2) is 24.3 Å². The summed E-state index contributed by atoms with van der Waals surface area (Å²) < 4.78 is 0. The molecule has 0 radical (unpaired) electrons. The first-order valence-electron chi connectivity index (χ1n) is 5.62. The van der Waals surface area contributed by atoms with Crippen LogP contribution in [0.2, 0.25) is 0 Å². The van der Waals surface area contributed by atoms with Crippen LogP contribution in [0.25, 0.3) is 0 Å². The van der Waals surface area contributed by atoms with Crippen molar-refractivity contribution >= 4 is 17.7 Å². The van der Waals surface area contributed by atoms with Crippen LogP contribution < -0.4 is 5.48 Å². The van der Waals surface area contributed by atoms with E-state index in [1.54, 1.807) is 12.1 Å². The Kier molecular flexibility index (Phi) is 5.05. The van der Waals surface area contributed by atoms with Crippen molar-refractivity contribution in [3.05, 3.63) is 35.4 Å². The van der Waals surface area contributed by atoms with E-state index in [0.717, 1.165) is 5.56 Å². The summed E-state index contributed by atoms with van der Waals surface area (Å²) in [6.07, 6.45) is 0.348. The average Bonchev–Trinajstić information content (AvgIpc) is 2.35. The zero-order valence-electron chi connectivity index (χ0n) is 10.4. The van der Waals surface area contributed by atoms with E-state index in [1.165, 1.54) is 6.92 Å². The second kappa shape index (κ2) is 6.54. The molecule has 1 N–H and O–H groups in total. The zero-order valence-corrected chi connectivity index (χ0v) is 10.4. The van der Waals surface area contributed by atoms with E-state index in [1.807, 2.05) is 24.5 Å². The lowest BCUT2D eigenvalue weighted by Crippen LogP contribution is -2.28. The van der Waals surface area contributed by atoms with Crippen molar-refractivity contribution in [1.29, 1.82) is 0 Å². The number of benzene rings is 1. The maximum Gasteiger partial charge on any atom is 0.339 e. The first kappa shape index (κ1) is 13.9. The fourth-order valence-corrected chi connectivity index (χ4v) is 1.45. The summed E-state index contributed by atoms with van der Waals surface area (Å²) in [4.78, 5) is 38.0. The number of hydrogen-bond acceptors (Lipinski definition) is 4. The van der Waals surface area contributed by atoms with Crippen LogP contribution in [0, 0.1) is 0 Å². The number of Topliss-reactive ketones (excluding diaryl/α,β-unsaturated/α-hetero) is 1. The first-order chi connectivity index (χ1) is 8.54. The number of rotatable bonds is 4. The molecule has 96 valence electrons. The highest BCUT2D eigenvalue weighted by atomic mass is 16.7. The van der Waals surface area contributed by atoms with Crippen molar-refractivity contribution < 1.29 is 19.2 Å². The second-order valence-electron chi connectivity index (χ2n) is 3.79. The number of hydrogen-bond donors (Lipinski definition) is 1. The topological polar surface area (TPSA) is 72.5 Å². The number of carbonyl (C=O) groups is 3. The van der Waals surface area contributed by atoms with Crippen LogP contribution in [0.1, 0.15) is 36.2 Å². The number of aryl methyl sites for hydroxylation is 1. The van der Waals surface area contributed by atoms with Gasteiger partial charge in [-0.1, -0.05) is 25.1 Å². The molecule has 0 unspecified atom stereocenters. The van der Waals surface area contributed by atoms with E-state index >= 15 is 0 Å². The van der Waals surface area contributed by atoms with Crippen molar-refractivity contribution in [2.45, 2.75) is 26.7 Å². The summed E-state index contributed by atoms with van der Waals surface area (Å²) in [6, 6.07) is 7.03. The van der Waals surface area contributed by atoms with E-state index in [9.17, 15) is 14.4 Å². The van der Waals surface area contributed by atoms with Gasteiger partial charge in [-0.05, 0) is 25.0 Å². The van der Waals surface area contributed by atoms with E-state index in [0.29, 0.717) is 12.0 Å². The van der Waals surface area contributed by atoms with Gasteiger partial charge in [0.05, 0.1) is 0 Å². The van der Waals surface area contributed by atoms with Gasteiger partial charge < -0.3 is 4.84 Å². The van der Waals surface area contributed by atoms with Crippen LogP contribution >= 0.6 is 0 Å². The van der Waals surface area contributed by atoms with Gasteiger partial charge in [0.25, 0.3) is 5.91 Å². The molecule has 0 aromatic heterocycles. The van der Waals surface area contributed by atoms with E-state index in [4.69, 9.17) is 0 Å². The summed E-state index contributed by atoms with van der Waals surface area (Å²) in [5, 5.41) is 0. The Morgan fingerprint density at radius 1 is 1.22 bits per heavy atom. The lowest BCUT2D eigenvalue weighted by molar-refractivity contribution is -0.150. The molecule has 5 heteroatoms. The summed E-state index contributed by atoms with van der Waals surface area (Å²) in [5.74, 6) is -1.59. The Bertz CT molecular complexity index is 468. The summed E-state index contributed by atoms with van der Waals surface area (Å²) in [7, 11) is 0. The minimum Gasteiger partial charge on any atom is -0.340 e. The maximum absolute atomic E-state index is 11.7. The van der Waals surface area contributed by atoms with E-state index < -0.39 is 11.9 Å². The Balaban J connectivity index is 2.60. The molecule has 5 nitrogen and oxygen atoms in total. The Morgan fingerprint density at radius 2 is 1.89 bits per heavy atom. The van der Waals surface area contributed by atoms with Gasteiger partial charge in [0.2, 0.25) is 0 Å². The normalized spacial score (nSPS) is 9.67. The third kappa shape index (κ3) is 4.01. The first-order valence-corrected chi connectivity index (χ1v) is 5.62. The molecule has 18 heavy (non-hydrogen) atoms. The molecule has 0 bridgehead atoms. The smallest absolute Gasteiger partial charge is 0.339 e. The molecule has 1 amide bonds. The Morgan fingerprint density at radius 3 is 2.50 bits per heavy atom. The predicted molar refractivity (Wildman–Crippen MR) is 64.7 cm³/mol. The fourth-order valence-electron chi connectivity index (χ4n) is 1.45. The van der Waals surface area contributed by atoms with Crippen LogP contribution in [0.4, 0.5) is 0 Å². The zero-order chi connectivity index (χ0) is 13.5. The molecule has 0 aliphatic rings. The van der Waals surface area contributed by atoms with Crippen molar-refractivity contribution in [1.82, 2.24) is 5.48 Å². The molecule has 0 saturated carbocycles. The summed E-state index contributed by atoms with van der Waals surface area (Å²) in [5.41, 5.74) is 3.35. The van der Waals surface area contributed by atoms with Crippen molar-refractivity contribution in [2.24, 2.45) is 0 Å². The average molecular weight is 249 g/mol. The third-order valence-electron chi connectivity index (χ3n) is 2.29. The van der Waals surface area contributed by atoms with Crippen LogP contribution in [0.5, 0.6) is 0 Å². The summed E-state index contributed by atoms with van der Waals surface area (Å²) >= 11 is 0. The van der Waals surface area contributed by atoms with Crippen LogP contribution in [-0.2, 0) is 20.8 Å². The molecule has 0 spiro atoms. The van der Waals surface area contributed by atoms with Crippen molar-refractivity contribution in [2.75, 3.05) is 0 Å². The maximum atomic E-state index is 11.7. The fraction of sp³-hybridized carbons (Fsp3) is 0.308. The molecule has 0 atom stereocenters. The molecule has 1 aromatic rings.